The Morgan fingerprint density at radius 3 is 2.34 bits per heavy atom. The number of alkyl halides is 3. The molecule has 0 bridgehead atoms. The van der Waals surface area contributed by atoms with E-state index in [1.165, 1.54) is 6.07 Å². The van der Waals surface area contributed by atoms with Gasteiger partial charge in [-0.15, -0.1) is 0 Å². The SMILES string of the molecule is O=C(Nc1cc(-c2cccc(C(F)(F)F)c2)ccc1N1CCNCC1)c1cccc2ccccc12. The summed E-state index contributed by atoms with van der Waals surface area (Å²) in [6, 6.07) is 23.9. The Hall–Kier alpha value is -3.84. The minimum absolute atomic E-state index is 0.264. The lowest BCUT2D eigenvalue weighted by Crippen LogP contribution is -2.43. The molecule has 4 nitrogen and oxygen atoms in total. The van der Waals surface area contributed by atoms with Crippen LogP contribution in [0.4, 0.5) is 24.5 Å². The van der Waals surface area contributed by atoms with Crippen molar-refractivity contribution in [2.24, 2.45) is 0 Å². The second-order valence-electron chi connectivity index (χ2n) is 8.53. The molecule has 0 atom stereocenters. The normalized spacial score (nSPS) is 14.2. The fraction of sp³-hybridized carbons (Fsp3) is 0.179. The molecule has 7 heteroatoms. The van der Waals surface area contributed by atoms with E-state index in [0.717, 1.165) is 54.8 Å². The third-order valence-electron chi connectivity index (χ3n) is 6.26. The average Bonchev–Trinajstić information content (AvgIpc) is 2.88. The van der Waals surface area contributed by atoms with E-state index in [1.54, 1.807) is 24.3 Å². The van der Waals surface area contributed by atoms with Crippen molar-refractivity contribution in [3.8, 4) is 11.1 Å². The number of fused-ring (bicyclic) bond motifs is 1. The summed E-state index contributed by atoms with van der Waals surface area (Å²) in [6.07, 6.45) is -4.43. The van der Waals surface area contributed by atoms with E-state index in [9.17, 15) is 18.0 Å². The molecule has 0 aromatic heterocycles. The molecule has 4 aromatic carbocycles. The van der Waals surface area contributed by atoms with Crippen molar-refractivity contribution < 1.29 is 18.0 Å². The molecule has 178 valence electrons. The number of hydrogen-bond acceptors (Lipinski definition) is 3. The first-order chi connectivity index (χ1) is 16.9. The van der Waals surface area contributed by atoms with Gasteiger partial charge in [0.1, 0.15) is 0 Å². The van der Waals surface area contributed by atoms with Gasteiger partial charge in [0.15, 0.2) is 0 Å². The topological polar surface area (TPSA) is 44.4 Å². The van der Waals surface area contributed by atoms with Crippen molar-refractivity contribution >= 4 is 28.1 Å². The molecule has 0 unspecified atom stereocenters. The Bertz CT molecular complexity index is 1370. The summed E-state index contributed by atoms with van der Waals surface area (Å²) in [5, 5.41) is 8.16. The molecule has 1 aliphatic heterocycles. The molecule has 4 aromatic rings. The van der Waals surface area contributed by atoms with Gasteiger partial charge in [-0.3, -0.25) is 4.79 Å². The molecule has 1 heterocycles. The summed E-state index contributed by atoms with van der Waals surface area (Å²) < 4.78 is 39.9. The molecule has 0 spiro atoms. The Morgan fingerprint density at radius 1 is 0.829 bits per heavy atom. The van der Waals surface area contributed by atoms with E-state index in [4.69, 9.17) is 0 Å². The van der Waals surface area contributed by atoms with E-state index in [-0.39, 0.29) is 5.91 Å². The molecular weight excluding hydrogens is 451 g/mol. The van der Waals surface area contributed by atoms with Crippen LogP contribution in [0.5, 0.6) is 0 Å². The van der Waals surface area contributed by atoms with Crippen LogP contribution in [0.15, 0.2) is 84.9 Å². The number of carbonyl (C=O) groups excluding carboxylic acids is 1. The fourth-order valence-corrected chi connectivity index (χ4v) is 4.49. The number of anilines is 2. The van der Waals surface area contributed by atoms with Gasteiger partial charge >= 0.3 is 6.18 Å². The first-order valence-corrected chi connectivity index (χ1v) is 11.5. The number of halogens is 3. The molecule has 1 aliphatic rings. The number of hydrogen-bond donors (Lipinski definition) is 2. The minimum Gasteiger partial charge on any atom is -0.367 e. The van der Waals surface area contributed by atoms with Gasteiger partial charge in [0.2, 0.25) is 0 Å². The summed E-state index contributed by atoms with van der Waals surface area (Å²) in [6.45, 7) is 3.15. The van der Waals surface area contributed by atoms with Crippen LogP contribution in [0, 0.1) is 0 Å². The lowest BCUT2D eigenvalue weighted by molar-refractivity contribution is -0.137. The maximum Gasteiger partial charge on any atom is 0.416 e. The van der Waals surface area contributed by atoms with Crippen LogP contribution in [0.1, 0.15) is 15.9 Å². The van der Waals surface area contributed by atoms with Crippen LogP contribution in [0.2, 0.25) is 0 Å². The highest BCUT2D eigenvalue weighted by Gasteiger charge is 2.30. The van der Waals surface area contributed by atoms with E-state index >= 15 is 0 Å². The molecule has 1 saturated heterocycles. The fourth-order valence-electron chi connectivity index (χ4n) is 4.49. The first-order valence-electron chi connectivity index (χ1n) is 11.5. The van der Waals surface area contributed by atoms with E-state index in [2.05, 4.69) is 15.5 Å². The summed E-state index contributed by atoms with van der Waals surface area (Å²) >= 11 is 0. The lowest BCUT2D eigenvalue weighted by atomic mass is 10.0. The lowest BCUT2D eigenvalue weighted by Gasteiger charge is -2.31. The Labute approximate surface area is 201 Å². The predicted molar refractivity (Wildman–Crippen MR) is 134 cm³/mol. The van der Waals surface area contributed by atoms with Crippen LogP contribution in [0.25, 0.3) is 21.9 Å². The Kier molecular flexibility index (Phi) is 6.17. The molecule has 1 fully saturated rings. The van der Waals surface area contributed by atoms with Crippen molar-refractivity contribution in [2.75, 3.05) is 36.4 Å². The zero-order valence-electron chi connectivity index (χ0n) is 18.9. The first kappa shape index (κ1) is 22.9. The number of piperazine rings is 1. The number of amides is 1. The quantitative estimate of drug-likeness (QED) is 0.370. The van der Waals surface area contributed by atoms with Crippen LogP contribution in [-0.4, -0.2) is 32.1 Å². The zero-order chi connectivity index (χ0) is 24.4. The molecule has 0 radical (unpaired) electrons. The number of rotatable bonds is 4. The summed E-state index contributed by atoms with van der Waals surface area (Å²) in [5.41, 5.74) is 2.28. The van der Waals surface area contributed by atoms with Gasteiger partial charge in [0.05, 0.1) is 16.9 Å². The molecular formula is C28H24F3N3O. The third-order valence-corrected chi connectivity index (χ3v) is 6.26. The molecule has 0 aliphatic carbocycles. The van der Waals surface area contributed by atoms with Gasteiger partial charge in [-0.1, -0.05) is 54.6 Å². The Balaban J connectivity index is 1.55. The maximum atomic E-state index is 13.4. The summed E-state index contributed by atoms with van der Waals surface area (Å²) in [7, 11) is 0. The average molecular weight is 476 g/mol. The maximum absolute atomic E-state index is 13.4. The van der Waals surface area contributed by atoms with Gasteiger partial charge in [-0.05, 0) is 52.2 Å². The van der Waals surface area contributed by atoms with Crippen molar-refractivity contribution in [3.63, 3.8) is 0 Å². The van der Waals surface area contributed by atoms with Crippen molar-refractivity contribution in [1.82, 2.24) is 5.32 Å². The minimum atomic E-state index is -4.43. The summed E-state index contributed by atoms with van der Waals surface area (Å²) in [4.78, 5) is 15.6. The van der Waals surface area contributed by atoms with E-state index in [0.29, 0.717) is 22.4 Å². The van der Waals surface area contributed by atoms with Gasteiger partial charge in [-0.2, -0.15) is 13.2 Å². The highest BCUT2D eigenvalue weighted by molar-refractivity contribution is 6.14. The summed E-state index contributed by atoms with van der Waals surface area (Å²) in [5.74, 6) is -0.264. The van der Waals surface area contributed by atoms with Gasteiger partial charge < -0.3 is 15.5 Å². The smallest absolute Gasteiger partial charge is 0.367 e. The largest absolute Gasteiger partial charge is 0.416 e. The number of carbonyl (C=O) groups is 1. The molecule has 2 N–H and O–H groups in total. The van der Waals surface area contributed by atoms with Crippen LogP contribution in [-0.2, 0) is 6.18 Å². The molecule has 1 amide bonds. The van der Waals surface area contributed by atoms with Crippen molar-refractivity contribution in [2.45, 2.75) is 6.18 Å². The number of benzene rings is 4. The van der Waals surface area contributed by atoms with Crippen LogP contribution in [0.3, 0.4) is 0 Å². The molecule has 0 saturated carbocycles. The van der Waals surface area contributed by atoms with Gasteiger partial charge in [-0.25, -0.2) is 0 Å². The van der Waals surface area contributed by atoms with Crippen LogP contribution < -0.4 is 15.5 Å². The number of nitrogens with zero attached hydrogens (tertiary/aromatic N) is 1. The highest BCUT2D eigenvalue weighted by Crippen LogP contribution is 2.36. The Morgan fingerprint density at radius 2 is 1.54 bits per heavy atom. The van der Waals surface area contributed by atoms with Gasteiger partial charge in [0, 0.05) is 31.7 Å². The van der Waals surface area contributed by atoms with Crippen molar-refractivity contribution in [3.05, 3.63) is 96.1 Å². The third kappa shape index (κ3) is 4.86. The molecule has 35 heavy (non-hydrogen) atoms. The van der Waals surface area contributed by atoms with E-state index < -0.39 is 11.7 Å². The second-order valence-corrected chi connectivity index (χ2v) is 8.53. The van der Waals surface area contributed by atoms with Crippen LogP contribution >= 0.6 is 0 Å². The van der Waals surface area contributed by atoms with E-state index in [1.807, 2.05) is 42.5 Å². The predicted octanol–water partition coefficient (Wildman–Crippen LogP) is 6.19. The highest BCUT2D eigenvalue weighted by atomic mass is 19.4. The standard InChI is InChI=1S/C28H24F3N3O/c29-28(30,31)22-8-3-7-20(17-22)21-11-12-26(34-15-13-32-14-16-34)25(18-21)33-27(35)24-10-4-6-19-5-1-2-9-23(19)24/h1-12,17-18,32H,13-16H2,(H,33,35). The van der Waals surface area contributed by atoms with Crippen molar-refractivity contribution in [1.29, 1.82) is 0 Å². The zero-order valence-corrected chi connectivity index (χ0v) is 18.9. The number of nitrogens with one attached hydrogen (secondary N) is 2. The van der Waals surface area contributed by atoms with Gasteiger partial charge in [0.25, 0.3) is 5.91 Å². The monoisotopic (exact) mass is 475 g/mol. The second kappa shape index (κ2) is 9.43. The molecule has 5 rings (SSSR count).